The number of ketones is 1. The highest BCUT2D eigenvalue weighted by Crippen LogP contribution is 2.44. The van der Waals surface area contributed by atoms with Gasteiger partial charge in [0.1, 0.15) is 0 Å². The molecule has 2 rings (SSSR count). The van der Waals surface area contributed by atoms with Crippen LogP contribution in [0.4, 0.5) is 0 Å². The maximum Gasteiger partial charge on any atom is 0.203 e. The van der Waals surface area contributed by atoms with Gasteiger partial charge in [-0.1, -0.05) is 0 Å². The first-order valence-corrected chi connectivity index (χ1v) is 6.62. The fraction of sp³-hybridized carbons (Fsp3) is 0.533. The third-order valence-corrected chi connectivity index (χ3v) is 3.77. The molecule has 1 atom stereocenters. The first-order chi connectivity index (χ1) is 9.65. The average Bonchev–Trinajstić information content (AvgIpc) is 2.64. The minimum absolute atomic E-state index is 0.00315. The molecule has 1 N–H and O–H groups in total. The second kappa shape index (κ2) is 6.13. The Morgan fingerprint density at radius 2 is 1.90 bits per heavy atom. The summed E-state index contributed by atoms with van der Waals surface area (Å²) in [6.45, 7) is 0.0241. The lowest BCUT2D eigenvalue weighted by Crippen LogP contribution is -2.10. The van der Waals surface area contributed by atoms with Gasteiger partial charge in [0.2, 0.25) is 5.75 Å². The molecule has 0 fully saturated rings. The average molecular weight is 280 g/mol. The molecule has 0 spiro atoms. The Morgan fingerprint density at radius 3 is 2.45 bits per heavy atom. The van der Waals surface area contributed by atoms with E-state index in [-0.39, 0.29) is 18.3 Å². The van der Waals surface area contributed by atoms with Crippen molar-refractivity contribution in [2.75, 3.05) is 27.9 Å². The van der Waals surface area contributed by atoms with E-state index in [0.717, 1.165) is 12.0 Å². The molecule has 1 aliphatic rings. The lowest BCUT2D eigenvalue weighted by Gasteiger charge is -2.17. The first kappa shape index (κ1) is 14.7. The molecule has 110 valence electrons. The van der Waals surface area contributed by atoms with Crippen molar-refractivity contribution < 1.29 is 24.1 Å². The molecular weight excluding hydrogens is 260 g/mol. The van der Waals surface area contributed by atoms with Gasteiger partial charge in [-0.2, -0.15) is 0 Å². The lowest BCUT2D eigenvalue weighted by atomic mass is 9.99. The smallest absolute Gasteiger partial charge is 0.203 e. The van der Waals surface area contributed by atoms with Crippen molar-refractivity contribution in [3.63, 3.8) is 0 Å². The molecule has 1 unspecified atom stereocenters. The first-order valence-electron chi connectivity index (χ1n) is 6.62. The summed E-state index contributed by atoms with van der Waals surface area (Å²) in [6.07, 6.45) is 1.78. The van der Waals surface area contributed by atoms with Crippen LogP contribution < -0.4 is 14.2 Å². The zero-order chi connectivity index (χ0) is 14.7. The molecule has 1 aromatic carbocycles. The number of carbonyl (C=O) groups is 1. The van der Waals surface area contributed by atoms with Gasteiger partial charge in [-0.15, -0.1) is 0 Å². The molecule has 5 heteroatoms. The van der Waals surface area contributed by atoms with Crippen molar-refractivity contribution >= 4 is 5.78 Å². The van der Waals surface area contributed by atoms with Gasteiger partial charge in [-0.3, -0.25) is 4.79 Å². The third-order valence-electron chi connectivity index (χ3n) is 3.77. The van der Waals surface area contributed by atoms with Crippen LogP contribution in [0, 0.1) is 5.92 Å². The number of methoxy groups -OCH3 is 3. The van der Waals surface area contributed by atoms with Crippen molar-refractivity contribution in [3.8, 4) is 17.2 Å². The molecule has 0 amide bonds. The Kier molecular flexibility index (Phi) is 4.49. The lowest BCUT2D eigenvalue weighted by molar-refractivity contribution is 0.0938. The number of fused-ring (bicyclic) bond motifs is 1. The predicted octanol–water partition coefficient (Wildman–Crippen LogP) is 1.84. The highest BCUT2D eigenvalue weighted by Gasteiger charge is 2.28. The zero-order valence-electron chi connectivity index (χ0n) is 12.1. The van der Waals surface area contributed by atoms with Crippen LogP contribution in [0.5, 0.6) is 17.2 Å². The van der Waals surface area contributed by atoms with Crippen molar-refractivity contribution in [1.82, 2.24) is 0 Å². The predicted molar refractivity (Wildman–Crippen MR) is 73.9 cm³/mol. The van der Waals surface area contributed by atoms with Crippen LogP contribution >= 0.6 is 0 Å². The quantitative estimate of drug-likeness (QED) is 0.853. The van der Waals surface area contributed by atoms with Crippen molar-refractivity contribution in [3.05, 3.63) is 17.2 Å². The van der Waals surface area contributed by atoms with E-state index in [1.165, 1.54) is 7.11 Å². The second-order valence-electron chi connectivity index (χ2n) is 4.89. The molecule has 1 aromatic rings. The summed E-state index contributed by atoms with van der Waals surface area (Å²) in [5.41, 5.74) is 1.45. The highest BCUT2D eigenvalue weighted by molar-refractivity contribution is 5.99. The van der Waals surface area contributed by atoms with E-state index < -0.39 is 0 Å². The van der Waals surface area contributed by atoms with Crippen LogP contribution in [0.15, 0.2) is 6.07 Å². The van der Waals surface area contributed by atoms with Crippen molar-refractivity contribution in [2.45, 2.75) is 19.3 Å². The van der Waals surface area contributed by atoms with Gasteiger partial charge in [0.25, 0.3) is 0 Å². The topological polar surface area (TPSA) is 65.0 Å². The van der Waals surface area contributed by atoms with E-state index in [1.54, 1.807) is 20.3 Å². The number of hydrogen-bond donors (Lipinski definition) is 1. The molecule has 5 nitrogen and oxygen atoms in total. The molecule has 0 bridgehead atoms. The van der Waals surface area contributed by atoms with Gasteiger partial charge in [-0.05, 0) is 24.8 Å². The van der Waals surface area contributed by atoms with Crippen LogP contribution in [-0.4, -0.2) is 38.8 Å². The van der Waals surface area contributed by atoms with E-state index in [2.05, 4.69) is 0 Å². The van der Waals surface area contributed by atoms with Crippen LogP contribution in [0.25, 0.3) is 0 Å². The minimum atomic E-state index is -0.00315. The van der Waals surface area contributed by atoms with E-state index in [0.29, 0.717) is 35.7 Å². The van der Waals surface area contributed by atoms with Gasteiger partial charge in [0.05, 0.1) is 21.3 Å². The molecule has 0 aliphatic heterocycles. The van der Waals surface area contributed by atoms with Gasteiger partial charge in [0, 0.05) is 24.2 Å². The monoisotopic (exact) mass is 280 g/mol. The standard InChI is InChI=1S/C15H20O5/c1-18-13-7-11-10(14(19-2)15(13)20-3)5-4-9(8-16)6-12(11)17/h7,9,16H,4-6,8H2,1-3H3. The Balaban J connectivity index is 2.59. The number of hydrogen-bond acceptors (Lipinski definition) is 5. The SMILES string of the molecule is COc1cc2c(c(OC)c1OC)CCC(CO)CC2=O. The summed E-state index contributed by atoms with van der Waals surface area (Å²) in [5.74, 6) is 1.55. The van der Waals surface area contributed by atoms with Crippen molar-refractivity contribution in [2.24, 2.45) is 5.92 Å². The molecular formula is C15H20O5. The van der Waals surface area contributed by atoms with E-state index in [1.807, 2.05) is 0 Å². The Bertz CT molecular complexity index is 509. The highest BCUT2D eigenvalue weighted by atomic mass is 16.5. The fourth-order valence-electron chi connectivity index (χ4n) is 2.69. The van der Waals surface area contributed by atoms with Gasteiger partial charge in [-0.25, -0.2) is 0 Å². The van der Waals surface area contributed by atoms with Crippen LogP contribution in [-0.2, 0) is 6.42 Å². The number of aliphatic hydroxyl groups excluding tert-OH is 1. The summed E-state index contributed by atoms with van der Waals surface area (Å²) < 4.78 is 16.1. The van der Waals surface area contributed by atoms with Crippen LogP contribution in [0.1, 0.15) is 28.8 Å². The summed E-state index contributed by atoms with van der Waals surface area (Å²) >= 11 is 0. The van der Waals surface area contributed by atoms with Crippen molar-refractivity contribution in [1.29, 1.82) is 0 Å². The number of rotatable bonds is 4. The van der Waals surface area contributed by atoms with Crippen LogP contribution in [0.2, 0.25) is 0 Å². The minimum Gasteiger partial charge on any atom is -0.493 e. The Morgan fingerprint density at radius 1 is 1.20 bits per heavy atom. The van der Waals surface area contributed by atoms with Crippen LogP contribution in [0.3, 0.4) is 0 Å². The summed E-state index contributed by atoms with van der Waals surface area (Å²) in [4.78, 5) is 12.3. The van der Waals surface area contributed by atoms with Gasteiger partial charge in [0.15, 0.2) is 17.3 Å². The molecule has 20 heavy (non-hydrogen) atoms. The Labute approximate surface area is 118 Å². The second-order valence-corrected chi connectivity index (χ2v) is 4.89. The number of Topliss-reactive ketones (excluding diaryl/α,β-unsaturated/α-hetero) is 1. The summed E-state index contributed by atoms with van der Waals surface area (Å²) in [5, 5.41) is 9.31. The Hall–Kier alpha value is -1.75. The zero-order valence-corrected chi connectivity index (χ0v) is 12.1. The fourth-order valence-corrected chi connectivity index (χ4v) is 2.69. The number of ether oxygens (including phenoxy) is 3. The summed E-state index contributed by atoms with van der Waals surface area (Å²) in [6, 6.07) is 1.71. The molecule has 0 saturated carbocycles. The molecule has 0 heterocycles. The largest absolute Gasteiger partial charge is 0.493 e. The number of benzene rings is 1. The van der Waals surface area contributed by atoms with Gasteiger partial charge >= 0.3 is 0 Å². The maximum absolute atomic E-state index is 12.3. The van der Waals surface area contributed by atoms with E-state index in [4.69, 9.17) is 14.2 Å². The maximum atomic E-state index is 12.3. The molecule has 1 aliphatic carbocycles. The molecule has 0 radical (unpaired) electrons. The molecule has 0 saturated heterocycles. The number of carbonyl (C=O) groups excluding carboxylic acids is 1. The van der Waals surface area contributed by atoms with E-state index >= 15 is 0 Å². The van der Waals surface area contributed by atoms with E-state index in [9.17, 15) is 9.90 Å². The molecule has 0 aromatic heterocycles. The van der Waals surface area contributed by atoms with Gasteiger partial charge < -0.3 is 19.3 Å². The summed E-state index contributed by atoms with van der Waals surface area (Å²) in [7, 11) is 4.62. The number of aliphatic hydroxyl groups is 1. The normalized spacial score (nSPS) is 18.2. The third kappa shape index (κ3) is 2.45.